The van der Waals surface area contributed by atoms with Crippen molar-refractivity contribution >= 4 is 11.6 Å². The van der Waals surface area contributed by atoms with Gasteiger partial charge in [-0.25, -0.2) is 0 Å². The highest BCUT2D eigenvalue weighted by Crippen LogP contribution is 2.35. The summed E-state index contributed by atoms with van der Waals surface area (Å²) in [5.41, 5.74) is 2.92. The Balaban J connectivity index is 1.63. The van der Waals surface area contributed by atoms with E-state index in [0.717, 1.165) is 11.1 Å². The van der Waals surface area contributed by atoms with Gasteiger partial charge in [-0.2, -0.15) is 5.10 Å². The first-order chi connectivity index (χ1) is 12.6. The van der Waals surface area contributed by atoms with Crippen LogP contribution in [-0.4, -0.2) is 34.4 Å². The van der Waals surface area contributed by atoms with Crippen molar-refractivity contribution < 1.29 is 19.4 Å². The van der Waals surface area contributed by atoms with Crippen molar-refractivity contribution in [2.45, 2.75) is 6.92 Å². The predicted octanol–water partition coefficient (Wildman–Crippen LogP) is 3.11. The largest absolute Gasteiger partial charge is 0.506 e. The van der Waals surface area contributed by atoms with Crippen LogP contribution in [0.5, 0.6) is 17.2 Å². The number of fused-ring (bicyclic) bond motifs is 1. The lowest BCUT2D eigenvalue weighted by atomic mass is 10.1. The van der Waals surface area contributed by atoms with Crippen molar-refractivity contribution in [1.29, 1.82) is 0 Å². The van der Waals surface area contributed by atoms with Gasteiger partial charge in [-0.15, -0.1) is 0 Å². The van der Waals surface area contributed by atoms with E-state index >= 15 is 0 Å². The van der Waals surface area contributed by atoms with Gasteiger partial charge in [0, 0.05) is 5.56 Å². The maximum atomic E-state index is 12.7. The van der Waals surface area contributed by atoms with Gasteiger partial charge in [-0.1, -0.05) is 6.07 Å². The molecule has 0 aliphatic carbocycles. The van der Waals surface area contributed by atoms with Gasteiger partial charge in [-0.3, -0.25) is 9.89 Å². The monoisotopic (exact) mass is 351 g/mol. The smallest absolute Gasteiger partial charge is 0.259 e. The number of phenols is 1. The number of carbonyl (C=O) groups is 1. The number of aromatic amines is 1. The summed E-state index contributed by atoms with van der Waals surface area (Å²) in [6, 6.07) is 10.5. The number of aromatic nitrogens is 2. The Morgan fingerprint density at radius 1 is 1.15 bits per heavy atom. The molecule has 0 fully saturated rings. The van der Waals surface area contributed by atoms with E-state index in [-0.39, 0.29) is 11.7 Å². The molecule has 3 N–H and O–H groups in total. The zero-order valence-corrected chi connectivity index (χ0v) is 14.1. The van der Waals surface area contributed by atoms with Gasteiger partial charge in [0.05, 0.1) is 23.1 Å². The summed E-state index contributed by atoms with van der Waals surface area (Å²) in [4.78, 5) is 12.7. The van der Waals surface area contributed by atoms with Gasteiger partial charge in [0.15, 0.2) is 11.5 Å². The molecule has 1 aliphatic heterocycles. The molecule has 0 saturated heterocycles. The molecule has 3 aromatic rings. The Morgan fingerprint density at radius 3 is 2.77 bits per heavy atom. The molecule has 7 nitrogen and oxygen atoms in total. The third-order valence-corrected chi connectivity index (χ3v) is 4.12. The lowest BCUT2D eigenvalue weighted by Crippen LogP contribution is -2.15. The first-order valence-corrected chi connectivity index (χ1v) is 8.16. The summed E-state index contributed by atoms with van der Waals surface area (Å²) >= 11 is 0. The first kappa shape index (κ1) is 16.0. The second-order valence-electron chi connectivity index (χ2n) is 5.99. The third kappa shape index (κ3) is 2.95. The number of nitrogens with one attached hydrogen (secondary N) is 2. The second kappa shape index (κ2) is 6.44. The van der Waals surface area contributed by atoms with Gasteiger partial charge < -0.3 is 19.9 Å². The van der Waals surface area contributed by atoms with Crippen molar-refractivity contribution in [2.24, 2.45) is 0 Å². The molecule has 0 atom stereocenters. The lowest BCUT2D eigenvalue weighted by Gasteiger charge is -2.18. The van der Waals surface area contributed by atoms with Crippen LogP contribution in [0.4, 0.5) is 5.69 Å². The minimum atomic E-state index is -0.372. The number of aryl methyl sites for hydroxylation is 1. The maximum Gasteiger partial charge on any atom is 0.259 e. The number of aromatic hydroxyl groups is 1. The number of carbonyl (C=O) groups excluding carboxylic acids is 1. The van der Waals surface area contributed by atoms with E-state index in [4.69, 9.17) is 9.47 Å². The Kier molecular flexibility index (Phi) is 3.96. The molecule has 0 saturated carbocycles. The SMILES string of the molecule is Cc1ccc(NC(=O)c2cn[nH]c2-c2ccc3c(c2)OCCO3)c(O)c1. The Morgan fingerprint density at radius 2 is 1.96 bits per heavy atom. The van der Waals surface area contributed by atoms with E-state index in [1.54, 1.807) is 18.2 Å². The lowest BCUT2D eigenvalue weighted by molar-refractivity contribution is 0.102. The van der Waals surface area contributed by atoms with Gasteiger partial charge in [0.1, 0.15) is 19.0 Å². The second-order valence-corrected chi connectivity index (χ2v) is 5.99. The average molecular weight is 351 g/mol. The molecule has 0 radical (unpaired) electrons. The van der Waals surface area contributed by atoms with Crippen LogP contribution in [0.3, 0.4) is 0 Å². The molecular weight excluding hydrogens is 334 g/mol. The molecule has 132 valence electrons. The van der Waals surface area contributed by atoms with Crippen LogP contribution < -0.4 is 14.8 Å². The fraction of sp³-hybridized carbons (Fsp3) is 0.158. The Bertz CT molecular complexity index is 981. The molecule has 0 bridgehead atoms. The third-order valence-electron chi connectivity index (χ3n) is 4.12. The van der Waals surface area contributed by atoms with Crippen LogP contribution in [0.25, 0.3) is 11.3 Å². The van der Waals surface area contributed by atoms with Gasteiger partial charge in [0.25, 0.3) is 5.91 Å². The van der Waals surface area contributed by atoms with E-state index in [1.165, 1.54) is 6.20 Å². The molecule has 26 heavy (non-hydrogen) atoms. The number of ether oxygens (including phenoxy) is 2. The Hall–Kier alpha value is -3.48. The number of amides is 1. The van der Waals surface area contributed by atoms with Crippen molar-refractivity contribution in [3.05, 3.63) is 53.7 Å². The minimum Gasteiger partial charge on any atom is -0.506 e. The molecule has 4 rings (SSSR count). The Labute approximate surface area is 149 Å². The molecule has 1 aromatic heterocycles. The summed E-state index contributed by atoms with van der Waals surface area (Å²) in [6.45, 7) is 2.87. The van der Waals surface area contributed by atoms with Gasteiger partial charge >= 0.3 is 0 Å². The van der Waals surface area contributed by atoms with Gasteiger partial charge in [0.2, 0.25) is 0 Å². The van der Waals surface area contributed by atoms with E-state index in [9.17, 15) is 9.90 Å². The number of anilines is 1. The molecule has 7 heteroatoms. The van der Waals surface area contributed by atoms with Gasteiger partial charge in [-0.05, 0) is 42.8 Å². The van der Waals surface area contributed by atoms with Crippen LogP contribution in [0.15, 0.2) is 42.6 Å². The predicted molar refractivity (Wildman–Crippen MR) is 95.8 cm³/mol. The summed E-state index contributed by atoms with van der Waals surface area (Å²) in [6.07, 6.45) is 1.45. The summed E-state index contributed by atoms with van der Waals surface area (Å²) in [5, 5.41) is 19.5. The minimum absolute atomic E-state index is 0.0164. The van der Waals surface area contributed by atoms with Crippen molar-refractivity contribution in [3.63, 3.8) is 0 Å². The molecule has 2 heterocycles. The molecule has 1 aliphatic rings. The standard InChI is InChI=1S/C19H17N3O4/c1-11-2-4-14(15(23)8-11)21-19(24)13-10-20-22-18(13)12-3-5-16-17(9-12)26-7-6-25-16/h2-5,8-10,23H,6-7H2,1H3,(H,20,22)(H,21,24). The first-order valence-electron chi connectivity index (χ1n) is 8.16. The van der Waals surface area contributed by atoms with Crippen LogP contribution in [0.2, 0.25) is 0 Å². The van der Waals surface area contributed by atoms with Crippen LogP contribution in [0, 0.1) is 6.92 Å². The van der Waals surface area contributed by atoms with Crippen molar-refractivity contribution in [2.75, 3.05) is 18.5 Å². The van der Waals surface area contributed by atoms with Crippen LogP contribution in [-0.2, 0) is 0 Å². The highest BCUT2D eigenvalue weighted by Gasteiger charge is 2.19. The van der Waals surface area contributed by atoms with Crippen LogP contribution in [0.1, 0.15) is 15.9 Å². The highest BCUT2D eigenvalue weighted by molar-refractivity contribution is 6.08. The fourth-order valence-corrected chi connectivity index (χ4v) is 2.81. The quantitative estimate of drug-likeness (QED) is 0.630. The number of hydrogen-bond donors (Lipinski definition) is 3. The molecule has 0 unspecified atom stereocenters. The van der Waals surface area contributed by atoms with Crippen LogP contribution >= 0.6 is 0 Å². The number of benzene rings is 2. The van der Waals surface area contributed by atoms with E-state index in [2.05, 4.69) is 15.5 Å². The fourth-order valence-electron chi connectivity index (χ4n) is 2.81. The maximum absolute atomic E-state index is 12.7. The highest BCUT2D eigenvalue weighted by atomic mass is 16.6. The number of hydrogen-bond acceptors (Lipinski definition) is 5. The number of H-pyrrole nitrogens is 1. The normalized spacial score (nSPS) is 12.7. The van der Waals surface area contributed by atoms with Crippen molar-refractivity contribution in [1.82, 2.24) is 10.2 Å². The number of rotatable bonds is 3. The number of nitrogens with zero attached hydrogens (tertiary/aromatic N) is 1. The van der Waals surface area contributed by atoms with Crippen molar-refractivity contribution in [3.8, 4) is 28.5 Å². The molecule has 2 aromatic carbocycles. The summed E-state index contributed by atoms with van der Waals surface area (Å²) in [7, 11) is 0. The molecule has 0 spiro atoms. The molecule has 1 amide bonds. The average Bonchev–Trinajstić information content (AvgIpc) is 3.13. The zero-order valence-electron chi connectivity index (χ0n) is 14.1. The summed E-state index contributed by atoms with van der Waals surface area (Å²) < 4.78 is 11.1. The molecular formula is C19H17N3O4. The zero-order chi connectivity index (χ0) is 18.1. The van der Waals surface area contributed by atoms with E-state index < -0.39 is 0 Å². The topological polar surface area (TPSA) is 96.5 Å². The van der Waals surface area contributed by atoms with E-state index in [0.29, 0.717) is 41.7 Å². The summed E-state index contributed by atoms with van der Waals surface area (Å²) in [5.74, 6) is 0.950. The number of phenolic OH excluding ortho intramolecular Hbond substituents is 1. The van der Waals surface area contributed by atoms with E-state index in [1.807, 2.05) is 25.1 Å².